The predicted molar refractivity (Wildman–Crippen MR) is 93.0 cm³/mol. The van der Waals surface area contributed by atoms with E-state index in [2.05, 4.69) is 5.32 Å². The highest BCUT2D eigenvalue weighted by Crippen LogP contribution is 2.31. The molecule has 7 heteroatoms. The highest BCUT2D eigenvalue weighted by molar-refractivity contribution is 5.94. The summed E-state index contributed by atoms with van der Waals surface area (Å²) in [6.07, 6.45) is -0.315. The maximum Gasteiger partial charge on any atom is 0.305 e. The lowest BCUT2D eigenvalue weighted by molar-refractivity contribution is -0.137. The summed E-state index contributed by atoms with van der Waals surface area (Å²) in [6, 6.07) is 9.19. The molecule has 1 amide bonds. The molecule has 2 aromatic carbocycles. The fourth-order valence-electron chi connectivity index (χ4n) is 2.45. The molecular formula is C19H20FNO5. The fourth-order valence-corrected chi connectivity index (χ4v) is 2.45. The van der Waals surface area contributed by atoms with Crippen LogP contribution < -0.4 is 14.8 Å². The monoisotopic (exact) mass is 361 g/mol. The number of benzene rings is 2. The molecule has 2 rings (SSSR count). The number of carboxylic acid groups (broad SMARTS) is 1. The normalized spacial score (nSPS) is 11.5. The molecule has 2 aromatic rings. The second-order valence-electron chi connectivity index (χ2n) is 5.47. The standard InChI is InChI=1S/C19H20FNO5/c1-3-26-16-9-6-13(10-17(16)25-2)15(11-18(22)23)21-19(24)12-4-7-14(20)8-5-12/h4-10,15H,3,11H2,1-2H3,(H,21,24)(H,22,23)/t15-/m0/s1. The van der Waals surface area contributed by atoms with E-state index in [0.717, 1.165) is 0 Å². The predicted octanol–water partition coefficient (Wildman–Crippen LogP) is 3.18. The topological polar surface area (TPSA) is 84.9 Å². The van der Waals surface area contributed by atoms with Crippen LogP contribution in [0.4, 0.5) is 4.39 Å². The second kappa shape index (κ2) is 8.84. The SMILES string of the molecule is CCOc1ccc([C@H](CC(=O)O)NC(=O)c2ccc(F)cc2)cc1OC. The molecule has 2 N–H and O–H groups in total. The molecule has 26 heavy (non-hydrogen) atoms. The van der Waals surface area contributed by atoms with E-state index in [1.807, 2.05) is 6.92 Å². The van der Waals surface area contributed by atoms with E-state index in [1.54, 1.807) is 18.2 Å². The number of nitrogens with one attached hydrogen (secondary N) is 1. The van der Waals surface area contributed by atoms with Crippen LogP contribution in [0.1, 0.15) is 35.3 Å². The van der Waals surface area contributed by atoms with Gasteiger partial charge in [0.05, 0.1) is 26.2 Å². The maximum absolute atomic E-state index is 13.0. The quantitative estimate of drug-likeness (QED) is 0.754. The Bertz CT molecular complexity index is 776. The van der Waals surface area contributed by atoms with E-state index in [4.69, 9.17) is 9.47 Å². The first-order valence-corrected chi connectivity index (χ1v) is 8.03. The minimum Gasteiger partial charge on any atom is -0.493 e. The molecular weight excluding hydrogens is 341 g/mol. The number of methoxy groups -OCH3 is 1. The number of halogens is 1. The third kappa shape index (κ3) is 4.95. The minimum atomic E-state index is -1.07. The van der Waals surface area contributed by atoms with Gasteiger partial charge in [-0.15, -0.1) is 0 Å². The molecule has 0 aromatic heterocycles. The van der Waals surface area contributed by atoms with Gasteiger partial charge in [-0.3, -0.25) is 9.59 Å². The third-order valence-electron chi connectivity index (χ3n) is 3.68. The molecule has 0 aliphatic carbocycles. The van der Waals surface area contributed by atoms with Crippen LogP contribution in [-0.2, 0) is 4.79 Å². The summed E-state index contributed by atoms with van der Waals surface area (Å²) in [6.45, 7) is 2.29. The van der Waals surface area contributed by atoms with Crippen LogP contribution >= 0.6 is 0 Å². The van der Waals surface area contributed by atoms with Gasteiger partial charge in [0.25, 0.3) is 5.91 Å². The van der Waals surface area contributed by atoms with Gasteiger partial charge in [-0.25, -0.2) is 4.39 Å². The van der Waals surface area contributed by atoms with E-state index >= 15 is 0 Å². The average molecular weight is 361 g/mol. The van der Waals surface area contributed by atoms with E-state index in [-0.39, 0.29) is 12.0 Å². The summed E-state index contributed by atoms with van der Waals surface area (Å²) in [5.74, 6) is -1.06. The number of rotatable bonds is 8. The molecule has 0 radical (unpaired) electrons. The summed E-state index contributed by atoms with van der Waals surface area (Å²) in [5.41, 5.74) is 0.794. The Kier molecular flexibility index (Phi) is 6.54. The molecule has 0 fully saturated rings. The second-order valence-corrected chi connectivity index (χ2v) is 5.47. The zero-order valence-corrected chi connectivity index (χ0v) is 14.5. The number of amides is 1. The number of carboxylic acids is 1. The number of carbonyl (C=O) groups is 2. The first kappa shape index (κ1) is 19.2. The Morgan fingerprint density at radius 2 is 1.85 bits per heavy atom. The molecule has 6 nitrogen and oxygen atoms in total. The lowest BCUT2D eigenvalue weighted by Gasteiger charge is -2.19. The van der Waals surface area contributed by atoms with Crippen LogP contribution in [0.3, 0.4) is 0 Å². The lowest BCUT2D eigenvalue weighted by Crippen LogP contribution is -2.30. The maximum atomic E-state index is 13.0. The van der Waals surface area contributed by atoms with Gasteiger partial charge in [0, 0.05) is 5.56 Å². The van der Waals surface area contributed by atoms with Crippen LogP contribution in [0.25, 0.3) is 0 Å². The summed E-state index contributed by atoms with van der Waals surface area (Å²) in [5, 5.41) is 11.8. The summed E-state index contributed by atoms with van der Waals surface area (Å²) in [7, 11) is 1.48. The minimum absolute atomic E-state index is 0.236. The Balaban J connectivity index is 2.27. The summed E-state index contributed by atoms with van der Waals surface area (Å²) in [4.78, 5) is 23.6. The lowest BCUT2D eigenvalue weighted by atomic mass is 10.0. The summed E-state index contributed by atoms with van der Waals surface area (Å²) < 4.78 is 23.7. The molecule has 1 atom stereocenters. The first-order chi connectivity index (χ1) is 12.4. The zero-order chi connectivity index (χ0) is 19.1. The van der Waals surface area contributed by atoms with E-state index < -0.39 is 23.7 Å². The van der Waals surface area contributed by atoms with Gasteiger partial charge in [-0.2, -0.15) is 0 Å². The molecule has 0 saturated heterocycles. The number of hydrogen-bond donors (Lipinski definition) is 2. The Hall–Kier alpha value is -3.09. The van der Waals surface area contributed by atoms with Crippen molar-refractivity contribution in [3.8, 4) is 11.5 Å². The van der Waals surface area contributed by atoms with Crippen LogP contribution in [0, 0.1) is 5.82 Å². The van der Waals surface area contributed by atoms with E-state index in [0.29, 0.717) is 23.7 Å². The van der Waals surface area contributed by atoms with Crippen molar-refractivity contribution in [1.82, 2.24) is 5.32 Å². The smallest absolute Gasteiger partial charge is 0.305 e. The van der Waals surface area contributed by atoms with Crippen molar-refractivity contribution in [3.63, 3.8) is 0 Å². The van der Waals surface area contributed by atoms with Crippen molar-refractivity contribution in [2.24, 2.45) is 0 Å². The van der Waals surface area contributed by atoms with Crippen molar-refractivity contribution < 1.29 is 28.6 Å². The van der Waals surface area contributed by atoms with Crippen LogP contribution in [0.5, 0.6) is 11.5 Å². The first-order valence-electron chi connectivity index (χ1n) is 8.03. The van der Waals surface area contributed by atoms with Crippen molar-refractivity contribution in [1.29, 1.82) is 0 Å². The molecule has 0 spiro atoms. The van der Waals surface area contributed by atoms with Gasteiger partial charge in [-0.1, -0.05) is 6.07 Å². The van der Waals surface area contributed by atoms with Crippen molar-refractivity contribution in [2.45, 2.75) is 19.4 Å². The van der Waals surface area contributed by atoms with E-state index in [9.17, 15) is 19.1 Å². The highest BCUT2D eigenvalue weighted by atomic mass is 19.1. The number of ether oxygens (including phenoxy) is 2. The Labute approximate surface area is 150 Å². The van der Waals surface area contributed by atoms with Crippen molar-refractivity contribution in [2.75, 3.05) is 13.7 Å². The molecule has 0 bridgehead atoms. The molecule has 0 saturated carbocycles. The van der Waals surface area contributed by atoms with Crippen molar-refractivity contribution in [3.05, 3.63) is 59.4 Å². The van der Waals surface area contributed by atoms with E-state index in [1.165, 1.54) is 31.4 Å². The zero-order valence-electron chi connectivity index (χ0n) is 14.5. The Morgan fingerprint density at radius 3 is 2.42 bits per heavy atom. The molecule has 0 aliphatic rings. The number of aliphatic carboxylic acids is 1. The third-order valence-corrected chi connectivity index (χ3v) is 3.68. The van der Waals surface area contributed by atoms with Crippen molar-refractivity contribution >= 4 is 11.9 Å². The molecule has 138 valence electrons. The average Bonchev–Trinajstić information content (AvgIpc) is 2.62. The fraction of sp³-hybridized carbons (Fsp3) is 0.263. The summed E-state index contributed by atoms with van der Waals surface area (Å²) >= 11 is 0. The van der Waals surface area contributed by atoms with Gasteiger partial charge >= 0.3 is 5.97 Å². The molecule has 0 heterocycles. The molecule has 0 unspecified atom stereocenters. The highest BCUT2D eigenvalue weighted by Gasteiger charge is 2.20. The van der Waals surface area contributed by atoms with Crippen LogP contribution in [0.2, 0.25) is 0 Å². The van der Waals surface area contributed by atoms with Crippen LogP contribution in [-0.4, -0.2) is 30.7 Å². The van der Waals surface area contributed by atoms with Gasteiger partial charge < -0.3 is 19.9 Å². The van der Waals surface area contributed by atoms with Gasteiger partial charge in [-0.05, 0) is 48.9 Å². The Morgan fingerprint density at radius 1 is 1.15 bits per heavy atom. The largest absolute Gasteiger partial charge is 0.493 e. The van der Waals surface area contributed by atoms with Crippen LogP contribution in [0.15, 0.2) is 42.5 Å². The van der Waals surface area contributed by atoms with Gasteiger partial charge in [0.1, 0.15) is 5.82 Å². The number of carbonyl (C=O) groups excluding carboxylic acids is 1. The number of hydrogen-bond acceptors (Lipinski definition) is 4. The van der Waals surface area contributed by atoms with Gasteiger partial charge in [0.2, 0.25) is 0 Å². The molecule has 0 aliphatic heterocycles. The van der Waals surface area contributed by atoms with Gasteiger partial charge in [0.15, 0.2) is 11.5 Å².